The van der Waals surface area contributed by atoms with Crippen LogP contribution in [-0.2, 0) is 16.8 Å². The molecule has 140 valence electrons. The highest BCUT2D eigenvalue weighted by Crippen LogP contribution is 2.21. The molecule has 2 aromatic heterocycles. The summed E-state index contributed by atoms with van der Waals surface area (Å²) in [5, 5.41) is 13.0. The van der Waals surface area contributed by atoms with Crippen molar-refractivity contribution >= 4 is 28.6 Å². The number of benzene rings is 1. The first kappa shape index (κ1) is 18.9. The van der Waals surface area contributed by atoms with E-state index in [-0.39, 0.29) is 17.9 Å². The van der Waals surface area contributed by atoms with E-state index in [9.17, 15) is 4.79 Å². The van der Waals surface area contributed by atoms with Crippen LogP contribution in [0.3, 0.4) is 0 Å². The lowest BCUT2D eigenvalue weighted by atomic mass is 9.91. The zero-order valence-electron chi connectivity index (χ0n) is 15.9. The number of hydrogen-bond donors (Lipinski definition) is 2. The van der Waals surface area contributed by atoms with Gasteiger partial charge in [-0.15, -0.1) is 0 Å². The SMILES string of the molecule is CC(C)(C)c1ccc(/C=C/C(=O)Nc2ccc3c(ccn3CCO)c2)cn1. The van der Waals surface area contributed by atoms with Crippen molar-refractivity contribution in [1.29, 1.82) is 0 Å². The molecule has 3 aromatic rings. The maximum Gasteiger partial charge on any atom is 0.248 e. The number of nitrogens with zero attached hydrogens (tertiary/aromatic N) is 2. The van der Waals surface area contributed by atoms with Crippen LogP contribution in [0, 0.1) is 0 Å². The van der Waals surface area contributed by atoms with Crippen LogP contribution in [-0.4, -0.2) is 27.2 Å². The summed E-state index contributed by atoms with van der Waals surface area (Å²) in [4.78, 5) is 16.7. The van der Waals surface area contributed by atoms with E-state index in [4.69, 9.17) is 5.11 Å². The number of aliphatic hydroxyl groups is 1. The lowest BCUT2D eigenvalue weighted by molar-refractivity contribution is -0.111. The van der Waals surface area contributed by atoms with E-state index in [1.807, 2.05) is 47.2 Å². The average Bonchev–Trinajstić information content (AvgIpc) is 3.02. The Morgan fingerprint density at radius 3 is 2.70 bits per heavy atom. The minimum Gasteiger partial charge on any atom is -0.395 e. The van der Waals surface area contributed by atoms with Crippen LogP contribution >= 0.6 is 0 Å². The monoisotopic (exact) mass is 363 g/mol. The molecule has 0 radical (unpaired) electrons. The van der Waals surface area contributed by atoms with Gasteiger partial charge in [0, 0.05) is 52.7 Å². The number of aliphatic hydroxyl groups excluding tert-OH is 1. The number of rotatable bonds is 5. The number of nitrogens with one attached hydrogen (secondary N) is 1. The van der Waals surface area contributed by atoms with Crippen LogP contribution in [0.4, 0.5) is 5.69 Å². The largest absolute Gasteiger partial charge is 0.395 e. The molecule has 2 N–H and O–H groups in total. The van der Waals surface area contributed by atoms with Crippen LogP contribution in [0.2, 0.25) is 0 Å². The Balaban J connectivity index is 1.66. The molecule has 0 saturated heterocycles. The molecule has 0 spiro atoms. The second-order valence-electron chi connectivity index (χ2n) is 7.56. The van der Waals surface area contributed by atoms with Gasteiger partial charge in [-0.1, -0.05) is 26.8 Å². The van der Waals surface area contributed by atoms with Crippen molar-refractivity contribution < 1.29 is 9.90 Å². The van der Waals surface area contributed by atoms with Crippen molar-refractivity contribution in [1.82, 2.24) is 9.55 Å². The Hall–Kier alpha value is -2.92. The number of carbonyl (C=O) groups excluding carboxylic acids is 1. The summed E-state index contributed by atoms with van der Waals surface area (Å²) in [5.41, 5.74) is 3.68. The number of amides is 1. The van der Waals surface area contributed by atoms with Gasteiger partial charge in [0.05, 0.1) is 6.61 Å². The third kappa shape index (κ3) is 4.63. The molecular weight excluding hydrogens is 338 g/mol. The number of fused-ring (bicyclic) bond motifs is 1. The molecule has 0 atom stereocenters. The molecular formula is C22H25N3O2. The molecule has 0 bridgehead atoms. The number of aromatic nitrogens is 2. The van der Waals surface area contributed by atoms with E-state index in [1.165, 1.54) is 6.08 Å². The predicted molar refractivity (Wildman–Crippen MR) is 110 cm³/mol. The zero-order valence-corrected chi connectivity index (χ0v) is 15.9. The lowest BCUT2D eigenvalue weighted by Crippen LogP contribution is -2.13. The summed E-state index contributed by atoms with van der Waals surface area (Å²) in [7, 11) is 0. The molecule has 0 aliphatic heterocycles. The first-order valence-electron chi connectivity index (χ1n) is 9.02. The van der Waals surface area contributed by atoms with Crippen LogP contribution in [0.1, 0.15) is 32.0 Å². The lowest BCUT2D eigenvalue weighted by Gasteiger charge is -2.17. The number of pyridine rings is 1. The predicted octanol–water partition coefficient (Wildman–Crippen LogP) is 3.98. The summed E-state index contributed by atoms with van der Waals surface area (Å²) in [6.07, 6.45) is 6.97. The smallest absolute Gasteiger partial charge is 0.248 e. The third-order valence-corrected chi connectivity index (χ3v) is 4.36. The van der Waals surface area contributed by atoms with Gasteiger partial charge < -0.3 is 15.0 Å². The van der Waals surface area contributed by atoms with Gasteiger partial charge in [-0.25, -0.2) is 0 Å². The molecule has 0 fully saturated rings. The number of carbonyl (C=O) groups is 1. The quantitative estimate of drug-likeness (QED) is 0.674. The Labute approximate surface area is 159 Å². The number of hydrogen-bond acceptors (Lipinski definition) is 3. The maximum atomic E-state index is 12.2. The fourth-order valence-electron chi connectivity index (χ4n) is 2.88. The molecule has 0 aliphatic rings. The highest BCUT2D eigenvalue weighted by Gasteiger charge is 2.14. The van der Waals surface area contributed by atoms with Gasteiger partial charge in [0.15, 0.2) is 0 Å². The molecule has 2 heterocycles. The Morgan fingerprint density at radius 2 is 2.04 bits per heavy atom. The normalized spacial score (nSPS) is 12.0. The van der Waals surface area contributed by atoms with E-state index >= 15 is 0 Å². The summed E-state index contributed by atoms with van der Waals surface area (Å²) in [6, 6.07) is 11.7. The summed E-state index contributed by atoms with van der Waals surface area (Å²) in [6.45, 7) is 7.01. The van der Waals surface area contributed by atoms with Crippen molar-refractivity contribution in [3.63, 3.8) is 0 Å². The van der Waals surface area contributed by atoms with Crippen LogP contribution < -0.4 is 5.32 Å². The van der Waals surface area contributed by atoms with E-state index in [0.29, 0.717) is 6.54 Å². The van der Waals surface area contributed by atoms with Crippen LogP contribution in [0.15, 0.2) is 54.9 Å². The Kier molecular flexibility index (Phi) is 5.42. The van der Waals surface area contributed by atoms with Gasteiger partial charge >= 0.3 is 0 Å². The fourth-order valence-corrected chi connectivity index (χ4v) is 2.88. The Bertz CT molecular complexity index is 963. The fraction of sp³-hybridized carbons (Fsp3) is 0.273. The van der Waals surface area contributed by atoms with Gasteiger partial charge in [0.1, 0.15) is 0 Å². The summed E-state index contributed by atoms with van der Waals surface area (Å²) < 4.78 is 1.98. The minimum absolute atomic E-state index is 0.00832. The minimum atomic E-state index is -0.191. The van der Waals surface area contributed by atoms with Crippen molar-refractivity contribution in [2.75, 3.05) is 11.9 Å². The van der Waals surface area contributed by atoms with Crippen LogP contribution in [0.5, 0.6) is 0 Å². The molecule has 1 aromatic carbocycles. The van der Waals surface area contributed by atoms with Crippen molar-refractivity contribution in [3.05, 3.63) is 66.1 Å². The average molecular weight is 363 g/mol. The molecule has 5 heteroatoms. The van der Waals surface area contributed by atoms with Crippen LogP contribution in [0.25, 0.3) is 17.0 Å². The van der Waals surface area contributed by atoms with E-state index in [2.05, 4.69) is 31.1 Å². The van der Waals surface area contributed by atoms with E-state index < -0.39 is 0 Å². The maximum absolute atomic E-state index is 12.2. The van der Waals surface area contributed by atoms with Crippen molar-refractivity contribution in [3.8, 4) is 0 Å². The van der Waals surface area contributed by atoms with Gasteiger partial charge in [-0.05, 0) is 42.0 Å². The van der Waals surface area contributed by atoms with Crippen molar-refractivity contribution in [2.45, 2.75) is 32.7 Å². The topological polar surface area (TPSA) is 67.2 Å². The van der Waals surface area contributed by atoms with Crippen molar-refractivity contribution in [2.24, 2.45) is 0 Å². The van der Waals surface area contributed by atoms with E-state index in [0.717, 1.165) is 27.8 Å². The van der Waals surface area contributed by atoms with Gasteiger partial charge in [-0.2, -0.15) is 0 Å². The van der Waals surface area contributed by atoms with Gasteiger partial charge in [-0.3, -0.25) is 9.78 Å². The van der Waals surface area contributed by atoms with Gasteiger partial charge in [0.2, 0.25) is 5.91 Å². The molecule has 5 nitrogen and oxygen atoms in total. The highest BCUT2D eigenvalue weighted by molar-refractivity contribution is 6.03. The third-order valence-electron chi connectivity index (χ3n) is 4.36. The molecule has 27 heavy (non-hydrogen) atoms. The summed E-state index contributed by atoms with van der Waals surface area (Å²) in [5.74, 6) is -0.191. The first-order chi connectivity index (χ1) is 12.9. The zero-order chi connectivity index (χ0) is 19.4. The second-order valence-corrected chi connectivity index (χ2v) is 7.56. The highest BCUT2D eigenvalue weighted by atomic mass is 16.3. The molecule has 0 saturated carbocycles. The molecule has 0 unspecified atom stereocenters. The molecule has 1 amide bonds. The summed E-state index contributed by atoms with van der Waals surface area (Å²) >= 11 is 0. The standard InChI is InChI=1S/C22H25N3O2/c1-22(2,3)20-8-4-16(15-23-20)5-9-21(27)24-18-6-7-19-17(14-18)10-11-25(19)12-13-26/h4-11,14-15,26H,12-13H2,1-3H3,(H,24,27)/b9-5+. The van der Waals surface area contributed by atoms with E-state index in [1.54, 1.807) is 12.3 Å². The molecule has 0 aliphatic carbocycles. The molecule has 3 rings (SSSR count). The number of anilines is 1. The Morgan fingerprint density at radius 1 is 1.22 bits per heavy atom. The first-order valence-corrected chi connectivity index (χ1v) is 9.02. The second kappa shape index (κ2) is 7.76. The van der Waals surface area contributed by atoms with Gasteiger partial charge in [0.25, 0.3) is 0 Å².